The van der Waals surface area contributed by atoms with Crippen molar-refractivity contribution < 1.29 is 19.1 Å². The van der Waals surface area contributed by atoms with E-state index < -0.39 is 6.04 Å². The van der Waals surface area contributed by atoms with Crippen LogP contribution in [0.2, 0.25) is 0 Å². The molecule has 6 heteroatoms. The molecule has 166 valence electrons. The smallest absolute Gasteiger partial charge is 0.242 e. The van der Waals surface area contributed by atoms with Crippen LogP contribution in [0, 0.1) is 6.92 Å². The monoisotopic (exact) mass is 424 g/mol. The highest BCUT2D eigenvalue weighted by Crippen LogP contribution is 2.31. The van der Waals surface area contributed by atoms with E-state index in [9.17, 15) is 9.59 Å². The zero-order chi connectivity index (χ0) is 22.2. The minimum atomic E-state index is -0.492. The summed E-state index contributed by atoms with van der Waals surface area (Å²) in [5.41, 5.74) is 3.17. The van der Waals surface area contributed by atoms with Crippen LogP contribution in [0.4, 0.5) is 0 Å². The van der Waals surface area contributed by atoms with Gasteiger partial charge in [0.15, 0.2) is 11.5 Å². The van der Waals surface area contributed by atoms with Crippen molar-refractivity contribution in [2.24, 2.45) is 0 Å². The van der Waals surface area contributed by atoms with E-state index in [1.165, 1.54) is 0 Å². The predicted octanol–water partition coefficient (Wildman–Crippen LogP) is 3.64. The number of carbonyl (C=O) groups is 2. The van der Waals surface area contributed by atoms with Gasteiger partial charge >= 0.3 is 0 Å². The maximum absolute atomic E-state index is 13.3. The summed E-state index contributed by atoms with van der Waals surface area (Å²) >= 11 is 0. The lowest BCUT2D eigenvalue weighted by atomic mass is 10.0. The first kappa shape index (κ1) is 22.7. The third-order valence-corrected chi connectivity index (χ3v) is 5.41. The summed E-state index contributed by atoms with van der Waals surface area (Å²) in [5, 5.41) is 2.87. The fraction of sp³-hybridized carbons (Fsp3) is 0.440. The van der Waals surface area contributed by atoms with Crippen molar-refractivity contribution in [2.75, 3.05) is 19.8 Å². The maximum Gasteiger partial charge on any atom is 0.242 e. The van der Waals surface area contributed by atoms with Gasteiger partial charge in [-0.2, -0.15) is 0 Å². The molecule has 0 spiro atoms. The van der Waals surface area contributed by atoms with Crippen molar-refractivity contribution in [1.82, 2.24) is 10.2 Å². The van der Waals surface area contributed by atoms with E-state index >= 15 is 0 Å². The number of hydrogen-bond donors (Lipinski definition) is 1. The highest BCUT2D eigenvalue weighted by molar-refractivity contribution is 5.87. The highest BCUT2D eigenvalue weighted by Gasteiger charge is 2.28. The molecule has 6 nitrogen and oxygen atoms in total. The molecule has 0 bridgehead atoms. The normalized spacial score (nSPS) is 13.4. The molecular formula is C25H32N2O4. The van der Waals surface area contributed by atoms with Crippen molar-refractivity contribution in [2.45, 2.75) is 52.6 Å². The molecule has 2 aromatic rings. The van der Waals surface area contributed by atoms with E-state index in [0.29, 0.717) is 45.6 Å². The molecule has 31 heavy (non-hydrogen) atoms. The van der Waals surface area contributed by atoms with Crippen molar-refractivity contribution in [3.63, 3.8) is 0 Å². The molecule has 1 N–H and O–H groups in total. The van der Waals surface area contributed by atoms with Gasteiger partial charge in [0.1, 0.15) is 19.3 Å². The second-order valence-corrected chi connectivity index (χ2v) is 7.81. The number of likely N-dealkylation sites (N-methyl/N-ethyl adjacent to an activating group) is 1. The molecule has 1 atom stereocenters. The number of fused-ring (bicyclic) bond motifs is 1. The van der Waals surface area contributed by atoms with E-state index in [1.54, 1.807) is 4.90 Å². The number of hydrogen-bond acceptors (Lipinski definition) is 4. The molecule has 0 radical (unpaired) electrons. The summed E-state index contributed by atoms with van der Waals surface area (Å²) in [7, 11) is 0. The van der Waals surface area contributed by atoms with Crippen LogP contribution < -0.4 is 14.8 Å². The van der Waals surface area contributed by atoms with E-state index in [2.05, 4.69) is 11.4 Å². The number of nitrogens with zero attached hydrogens (tertiary/aromatic N) is 1. The molecule has 1 aliphatic heterocycles. The molecular weight excluding hydrogens is 392 g/mol. The third-order valence-electron chi connectivity index (χ3n) is 5.41. The molecule has 3 rings (SSSR count). The standard InChI is InChI=1S/C25H32N2O4/c1-4-21(25(29)26-5-2)27(17-20-8-6-7-18(3)15-20)24(28)12-10-19-9-11-22-23(16-19)31-14-13-30-22/h6-9,11,15-16,21H,4-5,10,12-14,17H2,1-3H3,(H,26,29). The SMILES string of the molecule is CCNC(=O)C(CC)N(Cc1cccc(C)c1)C(=O)CCc1ccc2c(c1)OCCO2. The predicted molar refractivity (Wildman–Crippen MR) is 120 cm³/mol. The number of rotatable bonds is 9. The van der Waals surface area contributed by atoms with Crippen LogP contribution in [0.1, 0.15) is 43.4 Å². The van der Waals surface area contributed by atoms with Gasteiger partial charge in [0.25, 0.3) is 0 Å². The Morgan fingerprint density at radius 1 is 1.03 bits per heavy atom. The van der Waals surface area contributed by atoms with Gasteiger partial charge < -0.3 is 19.7 Å². The van der Waals surface area contributed by atoms with Gasteiger partial charge in [-0.15, -0.1) is 0 Å². The fourth-order valence-corrected chi connectivity index (χ4v) is 3.86. The number of carbonyl (C=O) groups excluding carboxylic acids is 2. The summed E-state index contributed by atoms with van der Waals surface area (Å²) in [5.74, 6) is 1.33. The molecule has 1 aliphatic rings. The molecule has 1 heterocycles. The summed E-state index contributed by atoms with van der Waals surface area (Å²) in [4.78, 5) is 27.7. The van der Waals surface area contributed by atoms with Crippen LogP contribution in [-0.4, -0.2) is 42.5 Å². The largest absolute Gasteiger partial charge is 0.486 e. The topological polar surface area (TPSA) is 67.9 Å². The average molecular weight is 425 g/mol. The van der Waals surface area contributed by atoms with Crippen molar-refractivity contribution >= 4 is 11.8 Å². The lowest BCUT2D eigenvalue weighted by molar-refractivity contribution is -0.141. The number of amides is 2. The molecule has 2 amide bonds. The van der Waals surface area contributed by atoms with E-state index in [0.717, 1.165) is 28.2 Å². The molecule has 0 saturated heterocycles. The maximum atomic E-state index is 13.3. The quantitative estimate of drug-likeness (QED) is 0.667. The van der Waals surface area contributed by atoms with Gasteiger partial charge in [-0.1, -0.05) is 42.8 Å². The van der Waals surface area contributed by atoms with Crippen LogP contribution in [-0.2, 0) is 22.6 Å². The molecule has 1 unspecified atom stereocenters. The average Bonchev–Trinajstić information content (AvgIpc) is 2.77. The summed E-state index contributed by atoms with van der Waals surface area (Å²) in [6.45, 7) is 7.90. The van der Waals surface area contributed by atoms with Crippen molar-refractivity contribution in [1.29, 1.82) is 0 Å². The Kier molecular flexibility index (Phi) is 7.93. The Labute approximate surface area is 184 Å². The van der Waals surface area contributed by atoms with E-state index in [-0.39, 0.29) is 11.8 Å². The molecule has 2 aromatic carbocycles. The van der Waals surface area contributed by atoms with Crippen LogP contribution in [0.5, 0.6) is 11.5 Å². The first-order valence-electron chi connectivity index (χ1n) is 11.0. The molecule has 0 aliphatic carbocycles. The van der Waals surface area contributed by atoms with Gasteiger partial charge in [0.05, 0.1) is 0 Å². The van der Waals surface area contributed by atoms with Crippen molar-refractivity contribution in [3.8, 4) is 11.5 Å². The summed E-state index contributed by atoms with van der Waals surface area (Å²) in [6.07, 6.45) is 1.46. The zero-order valence-corrected chi connectivity index (χ0v) is 18.6. The van der Waals surface area contributed by atoms with Gasteiger partial charge in [0, 0.05) is 19.5 Å². The summed E-state index contributed by atoms with van der Waals surface area (Å²) < 4.78 is 11.2. The second kappa shape index (κ2) is 10.8. The number of nitrogens with one attached hydrogen (secondary N) is 1. The lowest BCUT2D eigenvalue weighted by Crippen LogP contribution is -2.49. The minimum Gasteiger partial charge on any atom is -0.486 e. The Morgan fingerprint density at radius 2 is 1.81 bits per heavy atom. The highest BCUT2D eigenvalue weighted by atomic mass is 16.6. The number of ether oxygens (including phenoxy) is 2. The van der Waals surface area contributed by atoms with Crippen LogP contribution >= 0.6 is 0 Å². The second-order valence-electron chi connectivity index (χ2n) is 7.81. The molecule has 0 fully saturated rings. The van der Waals surface area contributed by atoms with Crippen LogP contribution in [0.3, 0.4) is 0 Å². The zero-order valence-electron chi connectivity index (χ0n) is 18.6. The first-order chi connectivity index (χ1) is 15.0. The lowest BCUT2D eigenvalue weighted by Gasteiger charge is -2.31. The van der Waals surface area contributed by atoms with Crippen LogP contribution in [0.25, 0.3) is 0 Å². The first-order valence-corrected chi connectivity index (χ1v) is 11.0. The minimum absolute atomic E-state index is 0.0329. The Hall–Kier alpha value is -3.02. The van der Waals surface area contributed by atoms with Crippen molar-refractivity contribution in [3.05, 3.63) is 59.2 Å². The number of benzene rings is 2. The third kappa shape index (κ3) is 6.00. The fourth-order valence-electron chi connectivity index (χ4n) is 3.86. The molecule has 0 saturated carbocycles. The van der Waals surface area contributed by atoms with Gasteiger partial charge in [-0.25, -0.2) is 0 Å². The summed E-state index contributed by atoms with van der Waals surface area (Å²) in [6, 6.07) is 13.4. The Balaban J connectivity index is 1.75. The van der Waals surface area contributed by atoms with Gasteiger partial charge in [-0.05, 0) is 49.9 Å². The van der Waals surface area contributed by atoms with E-state index in [4.69, 9.17) is 9.47 Å². The Morgan fingerprint density at radius 3 is 2.52 bits per heavy atom. The number of aryl methyl sites for hydroxylation is 2. The Bertz CT molecular complexity index is 912. The van der Waals surface area contributed by atoms with E-state index in [1.807, 2.05) is 57.2 Å². The molecule has 0 aromatic heterocycles. The van der Waals surface area contributed by atoms with Crippen LogP contribution in [0.15, 0.2) is 42.5 Å². The van der Waals surface area contributed by atoms with Gasteiger partial charge in [0.2, 0.25) is 11.8 Å². The van der Waals surface area contributed by atoms with Gasteiger partial charge in [-0.3, -0.25) is 9.59 Å².